The average Bonchev–Trinajstić information content (AvgIpc) is 3.20. The zero-order valence-electron chi connectivity index (χ0n) is 18.2. The summed E-state index contributed by atoms with van der Waals surface area (Å²) in [6, 6.07) is 5.77. The van der Waals surface area contributed by atoms with Crippen LogP contribution in [-0.2, 0) is 19.8 Å². The third-order valence-electron chi connectivity index (χ3n) is 6.69. The highest BCUT2D eigenvalue weighted by Crippen LogP contribution is 2.58. The first kappa shape index (κ1) is 28.2. The molecule has 16 heteroatoms. The summed E-state index contributed by atoms with van der Waals surface area (Å²) in [7, 11) is 0. The van der Waals surface area contributed by atoms with Crippen molar-refractivity contribution in [3.63, 3.8) is 0 Å². The van der Waals surface area contributed by atoms with Crippen LogP contribution in [0.2, 0.25) is 0 Å². The topological polar surface area (TPSA) is 242 Å². The molecule has 1 aromatic carbocycles. The Labute approximate surface area is 216 Å². The molecule has 3 aliphatic rings. The SMILES string of the molecule is OC[C@@H]1OC(O)(O[C@@H]2O[C@](Br)(CO)[C@@](O)(Cl)[C@@](O)(C3(O)C=Nc4ccccc43)[C@H]2O)[C@@H](O)[C@H](O)[C@@H]1O. The van der Waals surface area contributed by atoms with Crippen molar-refractivity contribution < 1.29 is 65.3 Å². The molecule has 36 heavy (non-hydrogen) atoms. The zero-order valence-corrected chi connectivity index (χ0v) is 20.5. The van der Waals surface area contributed by atoms with Crippen LogP contribution >= 0.6 is 27.5 Å². The fourth-order valence-corrected chi connectivity index (χ4v) is 5.39. The Kier molecular flexibility index (Phi) is 7.13. The highest BCUT2D eigenvalue weighted by molar-refractivity contribution is 9.10. The predicted octanol–water partition coefficient (Wildman–Crippen LogP) is -3.81. The van der Waals surface area contributed by atoms with Gasteiger partial charge in [-0.2, -0.15) is 0 Å². The Morgan fingerprint density at radius 3 is 2.22 bits per heavy atom. The Hall–Kier alpha value is -0.860. The number of benzene rings is 1. The number of aliphatic imine (C=N–C) groups is 1. The lowest BCUT2D eigenvalue weighted by atomic mass is 9.68. The summed E-state index contributed by atoms with van der Waals surface area (Å²) in [6.45, 7) is -2.18. The van der Waals surface area contributed by atoms with Crippen molar-refractivity contribution in [3.8, 4) is 0 Å². The van der Waals surface area contributed by atoms with Gasteiger partial charge in [0.15, 0.2) is 28.1 Å². The first-order valence-corrected chi connectivity index (χ1v) is 11.7. The molecule has 3 aliphatic heterocycles. The molecule has 2 fully saturated rings. The molecule has 0 aliphatic carbocycles. The number of fused-ring (bicyclic) bond motifs is 1. The molecule has 14 nitrogen and oxygen atoms in total. The van der Waals surface area contributed by atoms with Crippen LogP contribution in [-0.4, -0.2) is 128 Å². The lowest BCUT2D eigenvalue weighted by Crippen LogP contribution is -2.83. The number of hydrogen-bond acceptors (Lipinski definition) is 14. The molecular formula is C20H25BrClNO13. The van der Waals surface area contributed by atoms with Crippen molar-refractivity contribution in [1.29, 1.82) is 0 Å². The summed E-state index contributed by atoms with van der Waals surface area (Å²) < 4.78 is 12.9. The van der Waals surface area contributed by atoms with E-state index in [0.717, 1.165) is 6.21 Å². The molecule has 10 N–H and O–H groups in total. The molecule has 0 saturated carbocycles. The molecule has 202 valence electrons. The fourth-order valence-electron chi connectivity index (χ4n) is 4.55. The number of aliphatic hydroxyl groups excluding tert-OH is 6. The minimum Gasteiger partial charge on any atom is -0.394 e. The van der Waals surface area contributed by atoms with E-state index in [1.165, 1.54) is 18.2 Å². The molecule has 0 radical (unpaired) electrons. The van der Waals surface area contributed by atoms with Gasteiger partial charge in [0, 0.05) is 11.8 Å². The molecule has 2 unspecified atom stereocenters. The van der Waals surface area contributed by atoms with E-state index in [1.54, 1.807) is 6.07 Å². The van der Waals surface area contributed by atoms with Crippen LogP contribution in [0.1, 0.15) is 5.56 Å². The number of halogens is 2. The zero-order chi connectivity index (χ0) is 26.9. The van der Waals surface area contributed by atoms with Gasteiger partial charge in [0.2, 0.25) is 5.06 Å². The lowest BCUT2D eigenvalue weighted by molar-refractivity contribution is -0.498. The van der Waals surface area contributed by atoms with Gasteiger partial charge in [-0.15, -0.1) is 0 Å². The van der Waals surface area contributed by atoms with Crippen LogP contribution < -0.4 is 0 Å². The Balaban J connectivity index is 1.80. The van der Waals surface area contributed by atoms with Gasteiger partial charge in [-0.05, 0) is 22.0 Å². The minimum atomic E-state index is -3.34. The fraction of sp³-hybridized carbons (Fsp3) is 0.650. The quantitative estimate of drug-likeness (QED) is 0.115. The number of hydrogen-bond donors (Lipinski definition) is 10. The third-order valence-corrected chi connectivity index (χ3v) is 8.52. The number of para-hydroxylation sites is 1. The number of ether oxygens (including phenoxy) is 3. The minimum absolute atomic E-state index is 0.120. The van der Waals surface area contributed by atoms with Gasteiger partial charge >= 0.3 is 5.97 Å². The van der Waals surface area contributed by atoms with Crippen molar-refractivity contribution in [1.82, 2.24) is 0 Å². The molecule has 0 spiro atoms. The number of nitrogens with zero attached hydrogens (tertiary/aromatic N) is 1. The van der Waals surface area contributed by atoms with Crippen molar-refractivity contribution in [2.45, 2.75) is 63.6 Å². The van der Waals surface area contributed by atoms with Crippen molar-refractivity contribution >= 4 is 39.4 Å². The van der Waals surface area contributed by atoms with Gasteiger partial charge in [-0.3, -0.25) is 9.73 Å². The van der Waals surface area contributed by atoms with Crippen LogP contribution in [0.25, 0.3) is 0 Å². The van der Waals surface area contributed by atoms with Gasteiger partial charge in [-0.25, -0.2) is 0 Å². The maximum absolute atomic E-state index is 11.8. The number of aliphatic hydroxyl groups is 10. The Morgan fingerprint density at radius 1 is 0.972 bits per heavy atom. The maximum Gasteiger partial charge on any atom is 0.313 e. The van der Waals surface area contributed by atoms with Gasteiger partial charge in [0.1, 0.15) is 24.4 Å². The molecule has 11 atom stereocenters. The third kappa shape index (κ3) is 3.63. The summed E-state index contributed by atoms with van der Waals surface area (Å²) in [5.41, 5.74) is -6.08. The molecular weight excluding hydrogens is 578 g/mol. The van der Waals surface area contributed by atoms with E-state index in [9.17, 15) is 51.1 Å². The Morgan fingerprint density at radius 2 is 1.61 bits per heavy atom. The van der Waals surface area contributed by atoms with Crippen molar-refractivity contribution in [3.05, 3.63) is 29.8 Å². The summed E-state index contributed by atoms with van der Waals surface area (Å²) in [6.07, 6.45) is -12.3. The largest absolute Gasteiger partial charge is 0.394 e. The molecule has 1 aromatic rings. The first-order chi connectivity index (χ1) is 16.6. The van der Waals surface area contributed by atoms with E-state index >= 15 is 0 Å². The van der Waals surface area contributed by atoms with E-state index < -0.39 is 76.8 Å². The smallest absolute Gasteiger partial charge is 0.313 e. The van der Waals surface area contributed by atoms with E-state index in [-0.39, 0.29) is 11.3 Å². The normalized spacial score (nSPS) is 50.8. The average molecular weight is 603 g/mol. The lowest BCUT2D eigenvalue weighted by Gasteiger charge is -2.59. The van der Waals surface area contributed by atoms with E-state index in [2.05, 4.69) is 20.9 Å². The summed E-state index contributed by atoms with van der Waals surface area (Å²) >= 11 is 9.10. The molecule has 3 heterocycles. The van der Waals surface area contributed by atoms with Gasteiger partial charge in [0.25, 0.3) is 0 Å². The van der Waals surface area contributed by atoms with Crippen LogP contribution in [0, 0.1) is 0 Å². The highest BCUT2D eigenvalue weighted by Gasteiger charge is 2.79. The molecule has 2 saturated heterocycles. The van der Waals surface area contributed by atoms with Crippen molar-refractivity contribution in [2.75, 3.05) is 13.2 Å². The van der Waals surface area contributed by atoms with Gasteiger partial charge in [0.05, 0.1) is 18.9 Å². The Bertz CT molecular complexity index is 1030. The van der Waals surface area contributed by atoms with E-state index in [4.69, 9.17) is 25.8 Å². The van der Waals surface area contributed by atoms with Gasteiger partial charge < -0.3 is 60.5 Å². The second kappa shape index (κ2) is 9.11. The maximum atomic E-state index is 11.8. The van der Waals surface area contributed by atoms with Crippen molar-refractivity contribution in [2.24, 2.45) is 4.99 Å². The number of rotatable bonds is 5. The first-order valence-electron chi connectivity index (χ1n) is 10.5. The number of alkyl halides is 2. The molecule has 0 bridgehead atoms. The van der Waals surface area contributed by atoms with E-state index in [0.29, 0.717) is 0 Å². The van der Waals surface area contributed by atoms with Crippen LogP contribution in [0.5, 0.6) is 0 Å². The second-order valence-corrected chi connectivity index (χ2v) is 10.6. The van der Waals surface area contributed by atoms with Crippen LogP contribution in [0.3, 0.4) is 0 Å². The molecule has 0 aromatic heterocycles. The second-order valence-electron chi connectivity index (χ2n) is 8.76. The monoisotopic (exact) mass is 601 g/mol. The highest BCUT2D eigenvalue weighted by atomic mass is 79.9. The van der Waals surface area contributed by atoms with Crippen LogP contribution in [0.4, 0.5) is 5.69 Å². The summed E-state index contributed by atoms with van der Waals surface area (Å²) in [4.78, 5) is 3.97. The predicted molar refractivity (Wildman–Crippen MR) is 120 cm³/mol. The summed E-state index contributed by atoms with van der Waals surface area (Å²) in [5.74, 6) is -3.30. The molecule has 4 rings (SSSR count). The van der Waals surface area contributed by atoms with Crippen LogP contribution in [0.15, 0.2) is 29.3 Å². The van der Waals surface area contributed by atoms with Gasteiger partial charge in [-0.1, -0.05) is 29.8 Å². The molecule has 0 amide bonds. The summed E-state index contributed by atoms with van der Waals surface area (Å²) in [5, 5.41) is 103. The van der Waals surface area contributed by atoms with E-state index in [1.807, 2.05) is 0 Å². The standard InChI is InChI=1S/C20H25BrClNO13/c21-17(7-25)20(22,33)18(31,16(30)6-23-9-4-2-1-3-8(9)16)14(29)15(35-17)36-19(32)13(28)12(27)11(26)10(5-24)34-19/h1-4,6,10-15,24-33H,5,7H2/t10-,11+,12+,13-,14-,15-,16?,17+,18-,19?,20-/m0/s1.